The minimum Gasteiger partial charge on any atom is -0.354 e. The smallest absolute Gasteiger partial charge is 0.128 e. The van der Waals surface area contributed by atoms with Gasteiger partial charge in [-0.2, -0.15) is 5.26 Å². The minimum absolute atomic E-state index is 0.500. The average Bonchev–Trinajstić information content (AvgIpc) is 2.89. The molecule has 0 bridgehead atoms. The summed E-state index contributed by atoms with van der Waals surface area (Å²) in [6.45, 7) is 3.82. The first-order valence-corrected chi connectivity index (χ1v) is 6.63. The highest BCUT2D eigenvalue weighted by molar-refractivity contribution is 5.43. The second-order valence-corrected chi connectivity index (χ2v) is 4.80. The fraction of sp³-hybridized carbons (Fsp3) is 0.571. The van der Waals surface area contributed by atoms with Crippen molar-refractivity contribution in [2.24, 2.45) is 11.7 Å². The summed E-state index contributed by atoms with van der Waals surface area (Å²) < 4.78 is 0. The zero-order chi connectivity index (χ0) is 13.0. The van der Waals surface area contributed by atoms with E-state index in [-0.39, 0.29) is 0 Å². The molecular formula is C14H20N4. The third-order valence-corrected chi connectivity index (χ3v) is 3.83. The van der Waals surface area contributed by atoms with E-state index < -0.39 is 0 Å². The molecule has 4 nitrogen and oxygen atoms in total. The van der Waals surface area contributed by atoms with Gasteiger partial charge in [-0.15, -0.1) is 0 Å². The lowest BCUT2D eigenvalue weighted by molar-refractivity contribution is 0.459. The highest BCUT2D eigenvalue weighted by Crippen LogP contribution is 2.31. The predicted molar refractivity (Wildman–Crippen MR) is 72.2 cm³/mol. The first kappa shape index (κ1) is 12.8. The van der Waals surface area contributed by atoms with Gasteiger partial charge in [0.15, 0.2) is 0 Å². The Bertz CT molecular complexity index is 420. The van der Waals surface area contributed by atoms with Crippen LogP contribution in [0.15, 0.2) is 18.3 Å². The Hall–Kier alpha value is -1.60. The highest BCUT2D eigenvalue weighted by Gasteiger charge is 2.31. The summed E-state index contributed by atoms with van der Waals surface area (Å²) in [7, 11) is 0. The number of rotatable bonds is 4. The minimum atomic E-state index is 0.500. The molecule has 1 aliphatic carbocycles. The molecule has 1 fully saturated rings. The Labute approximate surface area is 108 Å². The van der Waals surface area contributed by atoms with Crippen molar-refractivity contribution in [1.29, 1.82) is 5.26 Å². The van der Waals surface area contributed by atoms with Crippen molar-refractivity contribution < 1.29 is 0 Å². The normalized spacial score (nSPS) is 22.7. The number of anilines is 1. The molecule has 0 saturated heterocycles. The van der Waals surface area contributed by atoms with Gasteiger partial charge in [0.1, 0.15) is 11.9 Å². The predicted octanol–water partition coefficient (Wildman–Crippen LogP) is 1.91. The van der Waals surface area contributed by atoms with Gasteiger partial charge >= 0.3 is 0 Å². The lowest BCUT2D eigenvalue weighted by atomic mass is 10.0. The summed E-state index contributed by atoms with van der Waals surface area (Å²) in [5.41, 5.74) is 6.46. The third-order valence-electron chi connectivity index (χ3n) is 3.83. The van der Waals surface area contributed by atoms with Crippen molar-refractivity contribution in [3.8, 4) is 6.07 Å². The third kappa shape index (κ3) is 2.46. The molecule has 0 spiro atoms. The molecule has 1 heterocycles. The van der Waals surface area contributed by atoms with E-state index in [1.165, 1.54) is 19.3 Å². The van der Waals surface area contributed by atoms with Crippen LogP contribution < -0.4 is 10.6 Å². The van der Waals surface area contributed by atoms with Gasteiger partial charge in [-0.05, 0) is 44.4 Å². The van der Waals surface area contributed by atoms with Crippen LogP contribution in [-0.2, 0) is 0 Å². The Morgan fingerprint density at radius 1 is 1.50 bits per heavy atom. The van der Waals surface area contributed by atoms with Crippen LogP contribution in [0.25, 0.3) is 0 Å². The molecule has 1 aliphatic rings. The maximum atomic E-state index is 8.80. The summed E-state index contributed by atoms with van der Waals surface area (Å²) in [6.07, 6.45) is 5.30. The fourth-order valence-corrected chi connectivity index (χ4v) is 2.89. The molecule has 0 aliphatic heterocycles. The van der Waals surface area contributed by atoms with Gasteiger partial charge in [0.05, 0.1) is 5.56 Å². The average molecular weight is 244 g/mol. The lowest BCUT2D eigenvalue weighted by Gasteiger charge is -2.32. The van der Waals surface area contributed by atoms with Crippen molar-refractivity contribution in [2.45, 2.75) is 32.2 Å². The summed E-state index contributed by atoms with van der Waals surface area (Å²) in [6, 6.07) is 6.37. The van der Waals surface area contributed by atoms with Gasteiger partial charge in [0, 0.05) is 18.8 Å². The molecule has 0 aromatic carbocycles. The standard InChI is InChI=1S/C14H20N4/c1-2-18(13-5-3-4-12(13)9-16)14-7-6-11(8-15)10-17-14/h6-7,10,12-13H,2-5,9,16H2,1H3. The van der Waals surface area contributed by atoms with Crippen LogP contribution in [0.2, 0.25) is 0 Å². The second-order valence-electron chi connectivity index (χ2n) is 4.80. The molecule has 1 aromatic heterocycles. The first-order chi connectivity index (χ1) is 8.80. The topological polar surface area (TPSA) is 65.9 Å². The Balaban J connectivity index is 2.19. The van der Waals surface area contributed by atoms with Crippen LogP contribution >= 0.6 is 0 Å². The van der Waals surface area contributed by atoms with E-state index in [1.807, 2.05) is 12.1 Å². The molecule has 2 N–H and O–H groups in total. The van der Waals surface area contributed by atoms with E-state index in [0.717, 1.165) is 18.9 Å². The van der Waals surface area contributed by atoms with Gasteiger partial charge in [0.25, 0.3) is 0 Å². The summed E-state index contributed by atoms with van der Waals surface area (Å²) in [4.78, 5) is 6.72. The molecule has 0 radical (unpaired) electrons. The number of pyridine rings is 1. The zero-order valence-electron chi connectivity index (χ0n) is 10.8. The second kappa shape index (κ2) is 5.83. The number of nitriles is 1. The van der Waals surface area contributed by atoms with Crippen LogP contribution in [0.3, 0.4) is 0 Å². The maximum Gasteiger partial charge on any atom is 0.128 e. The molecule has 2 rings (SSSR count). The quantitative estimate of drug-likeness (QED) is 0.878. The summed E-state index contributed by atoms with van der Waals surface area (Å²) in [5, 5.41) is 8.80. The van der Waals surface area contributed by atoms with Crippen molar-refractivity contribution in [3.05, 3.63) is 23.9 Å². The van der Waals surface area contributed by atoms with E-state index in [2.05, 4.69) is 22.9 Å². The molecule has 1 aromatic rings. The largest absolute Gasteiger partial charge is 0.354 e. The number of nitrogens with two attached hydrogens (primary N) is 1. The summed E-state index contributed by atoms with van der Waals surface area (Å²) in [5.74, 6) is 1.53. The van der Waals surface area contributed by atoms with E-state index in [0.29, 0.717) is 17.5 Å². The van der Waals surface area contributed by atoms with Crippen LogP contribution in [0, 0.1) is 17.2 Å². The molecule has 0 amide bonds. The van der Waals surface area contributed by atoms with Crippen LogP contribution in [0.5, 0.6) is 0 Å². The van der Waals surface area contributed by atoms with Gasteiger partial charge in [-0.1, -0.05) is 6.42 Å². The molecule has 2 atom stereocenters. The van der Waals surface area contributed by atoms with Crippen LogP contribution in [0.1, 0.15) is 31.7 Å². The van der Waals surface area contributed by atoms with Crippen molar-refractivity contribution in [3.63, 3.8) is 0 Å². The number of hydrogen-bond acceptors (Lipinski definition) is 4. The van der Waals surface area contributed by atoms with Crippen molar-refractivity contribution in [1.82, 2.24) is 4.98 Å². The van der Waals surface area contributed by atoms with Gasteiger partial charge in [0.2, 0.25) is 0 Å². The number of aromatic nitrogens is 1. The fourth-order valence-electron chi connectivity index (χ4n) is 2.89. The SMILES string of the molecule is CCN(c1ccc(C#N)cn1)C1CCCC1CN. The molecular weight excluding hydrogens is 224 g/mol. The van der Waals surface area contributed by atoms with Crippen molar-refractivity contribution in [2.75, 3.05) is 18.0 Å². The molecule has 2 unspecified atom stereocenters. The Morgan fingerprint density at radius 3 is 2.89 bits per heavy atom. The number of hydrogen-bond donors (Lipinski definition) is 1. The Kier molecular flexibility index (Phi) is 4.16. The van der Waals surface area contributed by atoms with E-state index >= 15 is 0 Å². The monoisotopic (exact) mass is 244 g/mol. The zero-order valence-corrected chi connectivity index (χ0v) is 10.8. The van der Waals surface area contributed by atoms with Gasteiger partial charge in [-0.25, -0.2) is 4.98 Å². The van der Waals surface area contributed by atoms with Crippen LogP contribution in [-0.4, -0.2) is 24.1 Å². The lowest BCUT2D eigenvalue weighted by Crippen LogP contribution is -2.40. The van der Waals surface area contributed by atoms with Gasteiger partial charge < -0.3 is 10.6 Å². The van der Waals surface area contributed by atoms with Gasteiger partial charge in [-0.3, -0.25) is 0 Å². The maximum absolute atomic E-state index is 8.80. The van der Waals surface area contributed by atoms with E-state index in [9.17, 15) is 0 Å². The molecule has 4 heteroatoms. The first-order valence-electron chi connectivity index (χ1n) is 6.63. The van der Waals surface area contributed by atoms with Crippen molar-refractivity contribution >= 4 is 5.82 Å². The molecule has 96 valence electrons. The van der Waals surface area contributed by atoms with E-state index in [1.54, 1.807) is 6.20 Å². The van der Waals surface area contributed by atoms with E-state index in [4.69, 9.17) is 11.0 Å². The highest BCUT2D eigenvalue weighted by atomic mass is 15.2. The number of nitrogens with zero attached hydrogens (tertiary/aromatic N) is 3. The molecule has 18 heavy (non-hydrogen) atoms. The molecule has 1 saturated carbocycles. The summed E-state index contributed by atoms with van der Waals surface area (Å²) >= 11 is 0. The Morgan fingerprint density at radius 2 is 2.33 bits per heavy atom. The van der Waals surface area contributed by atoms with Crippen LogP contribution in [0.4, 0.5) is 5.82 Å².